The number of anilines is 1. The predicted molar refractivity (Wildman–Crippen MR) is 102 cm³/mol. The van der Waals surface area contributed by atoms with Crippen molar-refractivity contribution in [3.63, 3.8) is 0 Å². The molecule has 2 aromatic rings. The number of halogens is 5. The molecule has 3 heterocycles. The first-order valence-corrected chi connectivity index (χ1v) is 9.06. The fraction of sp³-hybridized carbons (Fsp3) is 0.333. The van der Waals surface area contributed by atoms with Gasteiger partial charge in [-0.1, -0.05) is 11.6 Å². The van der Waals surface area contributed by atoms with Crippen molar-refractivity contribution in [3.8, 4) is 5.75 Å². The molecule has 31 heavy (non-hydrogen) atoms. The van der Waals surface area contributed by atoms with Crippen molar-refractivity contribution in [2.75, 3.05) is 12.4 Å². The number of nitrogens with one attached hydrogen (secondary N) is 1. The van der Waals surface area contributed by atoms with Gasteiger partial charge in [0.05, 0.1) is 35.8 Å². The van der Waals surface area contributed by atoms with Crippen molar-refractivity contribution < 1.29 is 31.8 Å². The number of carbonyl (C=O) groups excluding carboxylic acids is 1. The Kier molecular flexibility index (Phi) is 5.94. The molecular formula is C18H16ClF4N5O3. The van der Waals surface area contributed by atoms with Crippen molar-refractivity contribution in [3.05, 3.63) is 46.8 Å². The normalized spacial score (nSPS) is 21.1. The standard InChI is InChI=1S/C18H16ClF4N5O3/c1-17(5-12(18(21,22)23)31-16(24)28-17)10-3-8(6-26-14(10)20)27-15(29)13-11(19)4-9(30-2)7-25-13/h3-4,6-7,12H,5H2,1-2H3,(H2,24,28)(H,27,29)/t12-,17+/m0/s1. The van der Waals surface area contributed by atoms with Crippen LogP contribution in [0.15, 0.2) is 29.5 Å². The van der Waals surface area contributed by atoms with Crippen molar-refractivity contribution in [1.82, 2.24) is 9.97 Å². The van der Waals surface area contributed by atoms with Crippen LogP contribution in [0.4, 0.5) is 23.2 Å². The molecule has 0 aromatic carbocycles. The summed E-state index contributed by atoms with van der Waals surface area (Å²) in [7, 11) is 1.40. The van der Waals surface area contributed by atoms with Gasteiger partial charge in [-0.3, -0.25) is 4.79 Å². The highest BCUT2D eigenvalue weighted by Gasteiger charge is 2.50. The Bertz CT molecular complexity index is 1050. The molecule has 0 saturated heterocycles. The van der Waals surface area contributed by atoms with Gasteiger partial charge in [-0.25, -0.2) is 15.0 Å². The van der Waals surface area contributed by atoms with Crippen molar-refractivity contribution in [2.24, 2.45) is 10.7 Å². The Balaban J connectivity index is 1.91. The quantitative estimate of drug-likeness (QED) is 0.533. The molecule has 1 aliphatic heterocycles. The average Bonchev–Trinajstić information content (AvgIpc) is 2.67. The zero-order chi connectivity index (χ0) is 23.0. The maximum atomic E-state index is 14.5. The Morgan fingerprint density at radius 1 is 1.35 bits per heavy atom. The Morgan fingerprint density at radius 2 is 2.06 bits per heavy atom. The second-order valence-electron chi connectivity index (χ2n) is 6.80. The fourth-order valence-corrected chi connectivity index (χ4v) is 3.24. The number of amides is 1. The van der Waals surface area contributed by atoms with Crippen LogP contribution < -0.4 is 15.8 Å². The number of methoxy groups -OCH3 is 1. The zero-order valence-corrected chi connectivity index (χ0v) is 16.9. The molecule has 166 valence electrons. The van der Waals surface area contributed by atoms with E-state index in [1.54, 1.807) is 0 Å². The number of alkyl halides is 3. The van der Waals surface area contributed by atoms with Gasteiger partial charge in [0.15, 0.2) is 6.10 Å². The first kappa shape index (κ1) is 22.5. The number of nitrogens with zero attached hydrogens (tertiary/aromatic N) is 3. The van der Waals surface area contributed by atoms with Gasteiger partial charge in [0.1, 0.15) is 11.4 Å². The van der Waals surface area contributed by atoms with E-state index in [2.05, 4.69) is 25.0 Å². The lowest BCUT2D eigenvalue weighted by molar-refractivity contribution is -0.208. The number of hydrogen-bond donors (Lipinski definition) is 2. The highest BCUT2D eigenvalue weighted by Crippen LogP contribution is 2.41. The van der Waals surface area contributed by atoms with E-state index in [4.69, 9.17) is 22.1 Å². The first-order valence-electron chi connectivity index (χ1n) is 8.68. The molecule has 0 aliphatic carbocycles. The maximum Gasteiger partial charge on any atom is 0.425 e. The highest BCUT2D eigenvalue weighted by atomic mass is 35.5. The van der Waals surface area contributed by atoms with Crippen LogP contribution in [0.25, 0.3) is 0 Å². The Hall–Kier alpha value is -3.15. The number of amidine groups is 1. The molecule has 0 unspecified atom stereocenters. The minimum absolute atomic E-state index is 0.00562. The van der Waals surface area contributed by atoms with Crippen LogP contribution in [0.3, 0.4) is 0 Å². The van der Waals surface area contributed by atoms with Gasteiger partial charge in [0.25, 0.3) is 11.9 Å². The molecule has 0 saturated carbocycles. The number of nitrogens with two attached hydrogens (primary N) is 1. The molecule has 2 atom stereocenters. The maximum absolute atomic E-state index is 14.5. The van der Waals surface area contributed by atoms with Crippen LogP contribution in [0.1, 0.15) is 29.4 Å². The fourth-order valence-electron chi connectivity index (χ4n) is 3.00. The molecule has 3 N–H and O–H groups in total. The molecule has 13 heteroatoms. The number of aromatic nitrogens is 2. The molecule has 3 rings (SSSR count). The minimum atomic E-state index is -4.74. The molecule has 1 amide bonds. The van der Waals surface area contributed by atoms with Gasteiger partial charge in [-0.05, 0) is 13.0 Å². The van der Waals surface area contributed by atoms with Crippen LogP contribution in [0.2, 0.25) is 5.02 Å². The number of pyridine rings is 2. The lowest BCUT2D eigenvalue weighted by atomic mass is 9.86. The molecule has 8 nitrogen and oxygen atoms in total. The van der Waals surface area contributed by atoms with Gasteiger partial charge in [-0.15, -0.1) is 0 Å². The van der Waals surface area contributed by atoms with E-state index >= 15 is 0 Å². The first-order chi connectivity index (χ1) is 14.4. The summed E-state index contributed by atoms with van der Waals surface area (Å²) < 4.78 is 63.5. The van der Waals surface area contributed by atoms with E-state index in [1.807, 2.05) is 0 Å². The molecule has 0 bridgehead atoms. The topological polar surface area (TPSA) is 112 Å². The van der Waals surface area contributed by atoms with E-state index in [0.29, 0.717) is 5.75 Å². The van der Waals surface area contributed by atoms with Crippen molar-refractivity contribution in [1.29, 1.82) is 0 Å². The molecule has 0 spiro atoms. The summed E-state index contributed by atoms with van der Waals surface area (Å²) in [5.41, 5.74) is 3.19. The van der Waals surface area contributed by atoms with E-state index in [1.165, 1.54) is 26.3 Å². The van der Waals surface area contributed by atoms with E-state index in [-0.39, 0.29) is 22.0 Å². The number of carbonyl (C=O) groups is 1. The third kappa shape index (κ3) is 4.79. The van der Waals surface area contributed by atoms with Crippen molar-refractivity contribution in [2.45, 2.75) is 31.2 Å². The number of rotatable bonds is 4. The van der Waals surface area contributed by atoms with E-state index in [0.717, 1.165) is 12.3 Å². The van der Waals surface area contributed by atoms with Gasteiger partial charge in [-0.2, -0.15) is 17.6 Å². The number of ether oxygens (including phenoxy) is 2. The Labute approximate surface area is 178 Å². The Morgan fingerprint density at radius 3 is 2.68 bits per heavy atom. The smallest absolute Gasteiger partial charge is 0.425 e. The summed E-state index contributed by atoms with van der Waals surface area (Å²) in [6.07, 6.45) is -5.50. The summed E-state index contributed by atoms with van der Waals surface area (Å²) >= 11 is 6.01. The minimum Gasteiger partial charge on any atom is -0.495 e. The highest BCUT2D eigenvalue weighted by molar-refractivity contribution is 6.34. The second kappa shape index (κ2) is 8.17. The molecule has 0 fully saturated rings. The van der Waals surface area contributed by atoms with Crippen molar-refractivity contribution >= 4 is 29.2 Å². The summed E-state index contributed by atoms with van der Waals surface area (Å²) in [6.45, 7) is 1.26. The number of hydrogen-bond acceptors (Lipinski definition) is 7. The van der Waals surface area contributed by atoms with Crippen LogP contribution in [0, 0.1) is 5.95 Å². The third-order valence-electron chi connectivity index (χ3n) is 4.51. The number of aliphatic imine (C=N–C) groups is 1. The second-order valence-corrected chi connectivity index (χ2v) is 7.21. The lowest BCUT2D eigenvalue weighted by Gasteiger charge is -2.35. The molecule has 0 radical (unpaired) electrons. The van der Waals surface area contributed by atoms with Gasteiger partial charge in [0, 0.05) is 18.1 Å². The summed E-state index contributed by atoms with van der Waals surface area (Å²) in [6, 6.07) is 1.75. The van der Waals surface area contributed by atoms with Gasteiger partial charge in [0.2, 0.25) is 5.95 Å². The average molecular weight is 462 g/mol. The van der Waals surface area contributed by atoms with Crippen LogP contribution in [-0.2, 0) is 10.3 Å². The lowest BCUT2D eigenvalue weighted by Crippen LogP contribution is -2.46. The largest absolute Gasteiger partial charge is 0.495 e. The van der Waals surface area contributed by atoms with E-state index < -0.39 is 42.1 Å². The summed E-state index contributed by atoms with van der Waals surface area (Å²) in [5.74, 6) is -1.49. The van der Waals surface area contributed by atoms with Gasteiger partial charge >= 0.3 is 6.18 Å². The van der Waals surface area contributed by atoms with Crippen LogP contribution in [0.5, 0.6) is 5.75 Å². The van der Waals surface area contributed by atoms with E-state index in [9.17, 15) is 22.4 Å². The molecule has 1 aliphatic rings. The zero-order valence-electron chi connectivity index (χ0n) is 16.1. The molecule has 2 aromatic heterocycles. The monoisotopic (exact) mass is 461 g/mol. The summed E-state index contributed by atoms with van der Waals surface area (Å²) in [4.78, 5) is 23.8. The van der Waals surface area contributed by atoms with Gasteiger partial charge < -0.3 is 20.5 Å². The third-order valence-corrected chi connectivity index (χ3v) is 4.80. The molecular weight excluding hydrogens is 446 g/mol. The summed E-state index contributed by atoms with van der Waals surface area (Å²) in [5, 5.41) is 2.42. The van der Waals surface area contributed by atoms with Crippen LogP contribution >= 0.6 is 11.6 Å². The predicted octanol–water partition coefficient (Wildman–Crippen LogP) is 3.41. The van der Waals surface area contributed by atoms with Crippen LogP contribution in [-0.4, -0.2) is 41.3 Å². The SMILES string of the molecule is COc1cnc(C(=O)Nc2cnc(F)c([C@@]3(C)C[C@@H](C(F)(F)F)OC(N)=N3)c2)c(Cl)c1.